The molecule has 0 saturated heterocycles. The average Bonchev–Trinajstić information content (AvgIpc) is 2.67. The van der Waals surface area contributed by atoms with Crippen molar-refractivity contribution in [3.8, 4) is 0 Å². The molecule has 8 heteroatoms. The van der Waals surface area contributed by atoms with E-state index in [1.165, 1.54) is 30.1 Å². The first-order chi connectivity index (χ1) is 13.3. The Hall–Kier alpha value is -3.00. The molecule has 0 radical (unpaired) electrons. The molecule has 0 unspecified atom stereocenters. The Bertz CT molecular complexity index is 977. The van der Waals surface area contributed by atoms with Gasteiger partial charge in [0.05, 0.1) is 16.8 Å². The summed E-state index contributed by atoms with van der Waals surface area (Å²) in [5.74, 6) is -1.21. The first-order valence-corrected chi connectivity index (χ1v) is 8.90. The van der Waals surface area contributed by atoms with Gasteiger partial charge in [-0.3, -0.25) is 4.79 Å². The van der Waals surface area contributed by atoms with Gasteiger partial charge in [-0.15, -0.1) is 0 Å². The van der Waals surface area contributed by atoms with Crippen molar-refractivity contribution >= 4 is 29.2 Å². The van der Waals surface area contributed by atoms with Crippen LogP contribution in [0.5, 0.6) is 0 Å². The number of benzene rings is 3. The van der Waals surface area contributed by atoms with Crippen molar-refractivity contribution in [2.24, 2.45) is 0 Å². The van der Waals surface area contributed by atoms with Crippen LogP contribution in [0.2, 0.25) is 0 Å². The molecule has 0 aliphatic heterocycles. The Labute approximate surface area is 162 Å². The van der Waals surface area contributed by atoms with Crippen molar-refractivity contribution in [3.63, 3.8) is 0 Å². The Morgan fingerprint density at radius 1 is 0.893 bits per heavy atom. The summed E-state index contributed by atoms with van der Waals surface area (Å²) in [4.78, 5) is 13.4. The number of hydrogen-bond acceptors (Lipinski definition) is 3. The molecule has 0 atom stereocenters. The number of nitrogens with one attached hydrogen (secondary N) is 2. The van der Waals surface area contributed by atoms with Crippen LogP contribution in [0.1, 0.15) is 15.9 Å². The van der Waals surface area contributed by atoms with E-state index in [9.17, 15) is 22.4 Å². The standard InChI is InChI=1S/C20H14F4N2OS/c21-14-9-10-17(18(12-14)26-28-16-7-2-1-3-8-16)19(27)25-15-6-4-5-13(11-15)20(22,23)24/h1-12,26H,(H,25,27). The van der Waals surface area contributed by atoms with Crippen LogP contribution < -0.4 is 10.0 Å². The van der Waals surface area contributed by atoms with Crippen LogP contribution in [0.15, 0.2) is 77.7 Å². The predicted octanol–water partition coefficient (Wildman–Crippen LogP) is 6.22. The lowest BCUT2D eigenvalue weighted by atomic mass is 10.1. The van der Waals surface area contributed by atoms with Gasteiger partial charge >= 0.3 is 6.18 Å². The van der Waals surface area contributed by atoms with E-state index in [0.717, 1.165) is 29.2 Å². The molecule has 3 rings (SSSR count). The summed E-state index contributed by atoms with van der Waals surface area (Å²) in [7, 11) is 0. The van der Waals surface area contributed by atoms with Crippen molar-refractivity contribution in [3.05, 3.63) is 89.7 Å². The summed E-state index contributed by atoms with van der Waals surface area (Å²) in [5, 5.41) is 2.42. The molecule has 0 spiro atoms. The Morgan fingerprint density at radius 3 is 2.36 bits per heavy atom. The minimum Gasteiger partial charge on any atom is -0.325 e. The molecular weight excluding hydrogens is 392 g/mol. The number of carbonyl (C=O) groups excluding carboxylic acids is 1. The van der Waals surface area contributed by atoms with Crippen molar-refractivity contribution in [2.75, 3.05) is 10.0 Å². The minimum absolute atomic E-state index is 0.00851. The van der Waals surface area contributed by atoms with E-state index >= 15 is 0 Å². The van der Waals surface area contributed by atoms with Gasteiger partial charge in [0.15, 0.2) is 0 Å². The normalized spacial score (nSPS) is 11.1. The minimum atomic E-state index is -4.52. The molecule has 28 heavy (non-hydrogen) atoms. The number of rotatable bonds is 5. The summed E-state index contributed by atoms with van der Waals surface area (Å²) < 4.78 is 55.0. The fourth-order valence-electron chi connectivity index (χ4n) is 2.37. The molecule has 3 aromatic carbocycles. The van der Waals surface area contributed by atoms with Crippen LogP contribution in [0, 0.1) is 5.82 Å². The van der Waals surface area contributed by atoms with Crippen molar-refractivity contribution in [2.45, 2.75) is 11.1 Å². The fourth-order valence-corrected chi connectivity index (χ4v) is 3.06. The van der Waals surface area contributed by atoms with Gasteiger partial charge in [-0.25, -0.2) is 4.39 Å². The van der Waals surface area contributed by atoms with Crippen molar-refractivity contribution < 1.29 is 22.4 Å². The van der Waals surface area contributed by atoms with Gasteiger partial charge < -0.3 is 10.0 Å². The van der Waals surface area contributed by atoms with E-state index in [1.54, 1.807) is 0 Å². The zero-order valence-electron chi connectivity index (χ0n) is 14.3. The zero-order valence-corrected chi connectivity index (χ0v) is 15.1. The SMILES string of the molecule is O=C(Nc1cccc(C(F)(F)F)c1)c1ccc(F)cc1NSc1ccccc1. The second-order valence-electron chi connectivity index (χ2n) is 5.74. The van der Waals surface area contributed by atoms with Gasteiger partial charge in [0.1, 0.15) is 5.82 Å². The molecular formula is C20H14F4N2OS. The monoisotopic (exact) mass is 406 g/mol. The molecule has 1 amide bonds. The fraction of sp³-hybridized carbons (Fsp3) is 0.0500. The molecule has 0 fully saturated rings. The highest BCUT2D eigenvalue weighted by Gasteiger charge is 2.30. The highest BCUT2D eigenvalue weighted by atomic mass is 32.2. The van der Waals surface area contributed by atoms with Crippen LogP contribution in [0.3, 0.4) is 0 Å². The number of hydrogen-bond donors (Lipinski definition) is 2. The van der Waals surface area contributed by atoms with Gasteiger partial charge in [-0.05, 0) is 60.5 Å². The first kappa shape index (κ1) is 19.8. The molecule has 0 heterocycles. The Morgan fingerprint density at radius 2 is 1.64 bits per heavy atom. The third kappa shape index (κ3) is 5.04. The van der Waals surface area contributed by atoms with Gasteiger partial charge in [-0.2, -0.15) is 13.2 Å². The number of alkyl halides is 3. The molecule has 144 valence electrons. The van der Waals surface area contributed by atoms with Crippen LogP contribution in [-0.2, 0) is 6.18 Å². The Kier molecular flexibility index (Phi) is 5.89. The lowest BCUT2D eigenvalue weighted by Crippen LogP contribution is -2.14. The molecule has 0 bridgehead atoms. The number of anilines is 2. The van der Waals surface area contributed by atoms with Gasteiger partial charge in [0.25, 0.3) is 5.91 Å². The maximum atomic E-state index is 13.6. The lowest BCUT2D eigenvalue weighted by Gasteiger charge is -2.13. The molecule has 2 N–H and O–H groups in total. The summed E-state index contributed by atoms with van der Waals surface area (Å²) in [6.45, 7) is 0. The third-order valence-electron chi connectivity index (χ3n) is 3.70. The maximum absolute atomic E-state index is 13.6. The highest BCUT2D eigenvalue weighted by molar-refractivity contribution is 8.00. The Balaban J connectivity index is 1.80. The highest BCUT2D eigenvalue weighted by Crippen LogP contribution is 2.31. The predicted molar refractivity (Wildman–Crippen MR) is 102 cm³/mol. The van der Waals surface area contributed by atoms with E-state index in [4.69, 9.17) is 0 Å². The van der Waals surface area contributed by atoms with Crippen molar-refractivity contribution in [1.29, 1.82) is 0 Å². The second-order valence-corrected chi connectivity index (χ2v) is 6.62. The zero-order chi connectivity index (χ0) is 20.1. The first-order valence-electron chi connectivity index (χ1n) is 8.09. The summed E-state index contributed by atoms with van der Waals surface area (Å²) in [6, 6.07) is 17.0. The van der Waals surface area contributed by atoms with Crippen molar-refractivity contribution in [1.82, 2.24) is 0 Å². The topological polar surface area (TPSA) is 41.1 Å². The van der Waals surface area contributed by atoms with Crippen LogP contribution in [0.4, 0.5) is 28.9 Å². The number of amides is 1. The molecule has 3 nitrogen and oxygen atoms in total. The summed E-state index contributed by atoms with van der Waals surface area (Å²) in [6.07, 6.45) is -4.52. The molecule has 0 saturated carbocycles. The molecule has 0 aromatic heterocycles. The summed E-state index contributed by atoms with van der Waals surface area (Å²) >= 11 is 1.18. The third-order valence-corrected chi connectivity index (χ3v) is 4.53. The largest absolute Gasteiger partial charge is 0.416 e. The van der Waals surface area contributed by atoms with Crippen LogP contribution in [-0.4, -0.2) is 5.91 Å². The number of halogens is 4. The quantitative estimate of drug-likeness (QED) is 0.391. The number of carbonyl (C=O) groups is 1. The maximum Gasteiger partial charge on any atom is 0.416 e. The summed E-state index contributed by atoms with van der Waals surface area (Å²) in [5.41, 5.74) is -0.575. The average molecular weight is 406 g/mol. The van der Waals surface area contributed by atoms with Gasteiger partial charge in [0.2, 0.25) is 0 Å². The van der Waals surface area contributed by atoms with Crippen LogP contribution >= 0.6 is 11.9 Å². The second kappa shape index (κ2) is 8.35. The van der Waals surface area contributed by atoms with E-state index < -0.39 is 23.5 Å². The molecule has 0 aliphatic rings. The van der Waals surface area contributed by atoms with E-state index in [0.29, 0.717) is 0 Å². The van der Waals surface area contributed by atoms with E-state index in [2.05, 4.69) is 10.0 Å². The lowest BCUT2D eigenvalue weighted by molar-refractivity contribution is -0.137. The molecule has 0 aliphatic carbocycles. The van der Waals surface area contributed by atoms with E-state index in [1.807, 2.05) is 30.3 Å². The van der Waals surface area contributed by atoms with Gasteiger partial charge in [0, 0.05) is 10.6 Å². The smallest absolute Gasteiger partial charge is 0.325 e. The van der Waals surface area contributed by atoms with Crippen LogP contribution in [0.25, 0.3) is 0 Å². The van der Waals surface area contributed by atoms with E-state index in [-0.39, 0.29) is 16.9 Å². The molecule has 3 aromatic rings. The van der Waals surface area contributed by atoms with Gasteiger partial charge in [-0.1, -0.05) is 24.3 Å².